The Morgan fingerprint density at radius 2 is 2.14 bits per heavy atom. The van der Waals surface area contributed by atoms with E-state index in [1.165, 1.54) is 12.1 Å². The summed E-state index contributed by atoms with van der Waals surface area (Å²) in [6.45, 7) is 4.09. The molecule has 0 spiro atoms. The Hall–Kier alpha value is -2.21. The molecule has 1 amide bonds. The van der Waals surface area contributed by atoms with Crippen molar-refractivity contribution in [3.05, 3.63) is 41.2 Å². The second-order valence-corrected chi connectivity index (χ2v) is 4.56. The summed E-state index contributed by atoms with van der Waals surface area (Å²) in [5, 5.41) is 11.2. The largest absolute Gasteiger partial charge is 0.478 e. The first-order valence-corrected chi connectivity index (χ1v) is 6.61. The number of amides is 1. The third-order valence-corrected chi connectivity index (χ3v) is 2.99. The molecule has 0 saturated heterocycles. The van der Waals surface area contributed by atoms with Crippen molar-refractivity contribution in [1.29, 1.82) is 0 Å². The Balaban J connectivity index is 2.66. The number of hydrogen-bond donors (Lipinski definition) is 2. The molecule has 0 aliphatic heterocycles. The average Bonchev–Trinajstić information content (AvgIpc) is 2.45. The summed E-state index contributed by atoms with van der Waals surface area (Å²) in [7, 11) is 1.94. The molecule has 21 heavy (non-hydrogen) atoms. The van der Waals surface area contributed by atoms with E-state index < -0.39 is 11.8 Å². The highest BCUT2D eigenvalue weighted by Gasteiger charge is 2.08. The molecular weight excluding hydrogens is 275 g/mol. The van der Waals surface area contributed by atoms with E-state index in [1.807, 2.05) is 18.9 Å². The van der Waals surface area contributed by atoms with Crippen molar-refractivity contribution in [2.24, 2.45) is 0 Å². The smallest absolute Gasteiger partial charge is 0.328 e. The maximum absolute atomic E-state index is 13.7. The molecule has 1 rings (SSSR count). The van der Waals surface area contributed by atoms with E-state index in [0.717, 1.165) is 24.8 Å². The van der Waals surface area contributed by atoms with Gasteiger partial charge in [-0.3, -0.25) is 4.79 Å². The third-order valence-electron chi connectivity index (χ3n) is 2.99. The molecule has 6 heteroatoms. The molecule has 0 aromatic heterocycles. The monoisotopic (exact) mass is 294 g/mol. The molecule has 0 fully saturated rings. The van der Waals surface area contributed by atoms with Gasteiger partial charge in [0.15, 0.2) is 0 Å². The van der Waals surface area contributed by atoms with E-state index in [2.05, 4.69) is 5.32 Å². The first-order valence-electron chi connectivity index (χ1n) is 6.61. The highest BCUT2D eigenvalue weighted by molar-refractivity contribution is 5.94. The van der Waals surface area contributed by atoms with E-state index >= 15 is 0 Å². The van der Waals surface area contributed by atoms with Crippen LogP contribution >= 0.6 is 0 Å². The van der Waals surface area contributed by atoms with Crippen LogP contribution in [0.5, 0.6) is 0 Å². The topological polar surface area (TPSA) is 69.6 Å². The van der Waals surface area contributed by atoms with Gasteiger partial charge in [-0.15, -0.1) is 0 Å². The number of rotatable bonds is 7. The van der Waals surface area contributed by atoms with Crippen molar-refractivity contribution in [3.8, 4) is 0 Å². The number of benzene rings is 1. The molecule has 0 aliphatic rings. The highest BCUT2D eigenvalue weighted by Crippen LogP contribution is 2.12. The highest BCUT2D eigenvalue weighted by atomic mass is 19.1. The van der Waals surface area contributed by atoms with Gasteiger partial charge in [-0.25, -0.2) is 9.18 Å². The van der Waals surface area contributed by atoms with Crippen molar-refractivity contribution in [3.63, 3.8) is 0 Å². The summed E-state index contributed by atoms with van der Waals surface area (Å²) >= 11 is 0. The second-order valence-electron chi connectivity index (χ2n) is 4.56. The van der Waals surface area contributed by atoms with Crippen molar-refractivity contribution >= 4 is 18.0 Å². The number of hydrogen-bond acceptors (Lipinski definition) is 3. The molecule has 2 N–H and O–H groups in total. The number of carboxylic acid groups (broad SMARTS) is 1. The van der Waals surface area contributed by atoms with Crippen LogP contribution in [0.2, 0.25) is 0 Å². The van der Waals surface area contributed by atoms with Crippen LogP contribution in [-0.2, 0) is 4.79 Å². The molecule has 0 atom stereocenters. The normalized spacial score (nSPS) is 11.0. The molecular formula is C15H19FN2O3. The van der Waals surface area contributed by atoms with Gasteiger partial charge >= 0.3 is 5.97 Å². The molecule has 114 valence electrons. The van der Waals surface area contributed by atoms with Crippen LogP contribution in [0.3, 0.4) is 0 Å². The van der Waals surface area contributed by atoms with Gasteiger partial charge in [0.1, 0.15) is 5.82 Å². The molecule has 5 nitrogen and oxygen atoms in total. The van der Waals surface area contributed by atoms with E-state index in [1.54, 1.807) is 0 Å². The summed E-state index contributed by atoms with van der Waals surface area (Å²) in [4.78, 5) is 24.3. The van der Waals surface area contributed by atoms with Gasteiger partial charge in [0.25, 0.3) is 5.91 Å². The minimum absolute atomic E-state index is 0.125. The van der Waals surface area contributed by atoms with Gasteiger partial charge in [-0.05, 0) is 31.8 Å². The van der Waals surface area contributed by atoms with Crippen molar-refractivity contribution in [2.75, 3.05) is 26.7 Å². The maximum Gasteiger partial charge on any atom is 0.328 e. The fraction of sp³-hybridized carbons (Fsp3) is 0.333. The zero-order chi connectivity index (χ0) is 15.8. The number of nitrogens with zero attached hydrogens (tertiary/aromatic N) is 1. The zero-order valence-electron chi connectivity index (χ0n) is 12.1. The van der Waals surface area contributed by atoms with Gasteiger partial charge in [0, 0.05) is 30.3 Å². The van der Waals surface area contributed by atoms with Gasteiger partial charge in [0.2, 0.25) is 0 Å². The minimum Gasteiger partial charge on any atom is -0.478 e. The number of aliphatic carboxylic acids is 1. The van der Waals surface area contributed by atoms with E-state index in [9.17, 15) is 14.0 Å². The average molecular weight is 294 g/mol. The molecule has 0 aliphatic carbocycles. The van der Waals surface area contributed by atoms with E-state index in [-0.39, 0.29) is 17.0 Å². The predicted molar refractivity (Wildman–Crippen MR) is 78.6 cm³/mol. The molecule has 0 bridgehead atoms. The van der Waals surface area contributed by atoms with Crippen LogP contribution in [0, 0.1) is 5.82 Å². The Morgan fingerprint density at radius 1 is 1.43 bits per heavy atom. The summed E-state index contributed by atoms with van der Waals surface area (Å²) in [6, 6.07) is 3.94. The molecule has 0 heterocycles. The summed E-state index contributed by atoms with van der Waals surface area (Å²) < 4.78 is 13.7. The minimum atomic E-state index is -1.16. The Morgan fingerprint density at radius 3 is 2.71 bits per heavy atom. The fourth-order valence-electron chi connectivity index (χ4n) is 1.59. The Bertz CT molecular complexity index is 544. The molecule has 0 unspecified atom stereocenters. The van der Waals surface area contributed by atoms with E-state index in [0.29, 0.717) is 13.1 Å². The van der Waals surface area contributed by atoms with Crippen LogP contribution in [-0.4, -0.2) is 48.6 Å². The lowest BCUT2D eigenvalue weighted by atomic mass is 10.1. The van der Waals surface area contributed by atoms with Crippen molar-refractivity contribution in [2.45, 2.75) is 6.92 Å². The van der Waals surface area contributed by atoms with Gasteiger partial charge in [0.05, 0.1) is 0 Å². The van der Waals surface area contributed by atoms with E-state index in [4.69, 9.17) is 5.11 Å². The summed E-state index contributed by atoms with van der Waals surface area (Å²) in [5.41, 5.74) is 0.332. The zero-order valence-corrected chi connectivity index (χ0v) is 12.1. The number of halogens is 1. The molecule has 0 saturated carbocycles. The molecule has 0 radical (unpaired) electrons. The van der Waals surface area contributed by atoms with Crippen LogP contribution in [0.15, 0.2) is 24.3 Å². The number of carboxylic acids is 1. The number of carbonyl (C=O) groups excluding carboxylic acids is 1. The Kier molecular flexibility index (Phi) is 6.55. The fourth-order valence-corrected chi connectivity index (χ4v) is 1.59. The Labute approximate surface area is 123 Å². The van der Waals surface area contributed by atoms with Crippen LogP contribution in [0.4, 0.5) is 4.39 Å². The first kappa shape index (κ1) is 16.8. The third kappa shape index (κ3) is 5.74. The van der Waals surface area contributed by atoms with Crippen LogP contribution in [0.1, 0.15) is 22.8 Å². The second kappa shape index (κ2) is 8.16. The van der Waals surface area contributed by atoms with Crippen molar-refractivity contribution in [1.82, 2.24) is 10.2 Å². The summed E-state index contributed by atoms with van der Waals surface area (Å²) in [6.07, 6.45) is 1.99. The quantitative estimate of drug-likeness (QED) is 0.750. The van der Waals surface area contributed by atoms with Crippen LogP contribution in [0.25, 0.3) is 6.08 Å². The van der Waals surface area contributed by atoms with Gasteiger partial charge < -0.3 is 15.3 Å². The number of nitrogens with one attached hydrogen (secondary N) is 1. The standard InChI is InChI=1S/C15H19FN2O3/c1-3-18(2)9-8-17-15(21)12-5-4-11(13(16)10-12)6-7-14(19)20/h4-7,10H,3,8-9H2,1-2H3,(H,17,21)(H,19,20). The van der Waals surface area contributed by atoms with Gasteiger partial charge in [-0.1, -0.05) is 13.0 Å². The lowest BCUT2D eigenvalue weighted by Crippen LogP contribution is -2.32. The maximum atomic E-state index is 13.7. The summed E-state index contributed by atoms with van der Waals surface area (Å²) in [5.74, 6) is -2.14. The predicted octanol–water partition coefficient (Wildman–Crippen LogP) is 1.61. The lowest BCUT2D eigenvalue weighted by Gasteiger charge is -2.14. The SMILES string of the molecule is CCN(C)CCNC(=O)c1ccc(C=CC(=O)O)c(F)c1. The van der Waals surface area contributed by atoms with Gasteiger partial charge in [-0.2, -0.15) is 0 Å². The number of carbonyl (C=O) groups is 2. The molecule has 1 aromatic carbocycles. The van der Waals surface area contributed by atoms with Crippen molar-refractivity contribution < 1.29 is 19.1 Å². The van der Waals surface area contributed by atoms with Crippen LogP contribution < -0.4 is 5.32 Å². The lowest BCUT2D eigenvalue weighted by molar-refractivity contribution is -0.131. The first-order chi connectivity index (χ1) is 9.93. The molecule has 1 aromatic rings. The number of likely N-dealkylation sites (N-methyl/N-ethyl adjacent to an activating group) is 1.